The minimum atomic E-state index is -0.712. The molecule has 6 nitrogen and oxygen atoms in total. The van der Waals surface area contributed by atoms with E-state index in [9.17, 15) is 4.79 Å². The first-order valence-electron chi connectivity index (χ1n) is 5.07. The van der Waals surface area contributed by atoms with Crippen molar-refractivity contribution in [2.45, 2.75) is 13.8 Å². The van der Waals surface area contributed by atoms with E-state index in [1.54, 1.807) is 13.8 Å². The molecular formula is C11H15N5O. The number of carbonyl (C=O) groups is 1. The zero-order valence-corrected chi connectivity index (χ0v) is 9.82. The van der Waals surface area contributed by atoms with Crippen molar-refractivity contribution in [2.75, 3.05) is 17.6 Å². The Morgan fingerprint density at radius 1 is 1.65 bits per heavy atom. The first kappa shape index (κ1) is 12.8. The van der Waals surface area contributed by atoms with Crippen LogP contribution in [-0.2, 0) is 4.79 Å². The van der Waals surface area contributed by atoms with Gasteiger partial charge in [-0.25, -0.2) is 4.98 Å². The minimum Gasteiger partial charge on any atom is -0.395 e. The van der Waals surface area contributed by atoms with E-state index in [1.807, 2.05) is 6.07 Å². The molecule has 0 spiro atoms. The fraction of sp³-hybridized carbons (Fsp3) is 0.364. The van der Waals surface area contributed by atoms with Crippen LogP contribution in [0.1, 0.15) is 19.4 Å². The third-order valence-electron chi connectivity index (χ3n) is 2.48. The first-order chi connectivity index (χ1) is 7.88. The van der Waals surface area contributed by atoms with Gasteiger partial charge in [-0.05, 0) is 19.9 Å². The molecule has 0 saturated heterocycles. The van der Waals surface area contributed by atoms with Crippen LogP contribution < -0.4 is 16.8 Å². The molecule has 6 heteroatoms. The summed E-state index contributed by atoms with van der Waals surface area (Å²) in [6.07, 6.45) is 1.48. The van der Waals surface area contributed by atoms with Crippen LogP contribution >= 0.6 is 0 Å². The lowest BCUT2D eigenvalue weighted by molar-refractivity contribution is -0.125. The molecule has 0 fully saturated rings. The number of amides is 1. The number of nitrogens with one attached hydrogen (secondary N) is 1. The van der Waals surface area contributed by atoms with E-state index in [0.717, 1.165) is 0 Å². The lowest BCUT2D eigenvalue weighted by atomic mass is 9.93. The maximum atomic E-state index is 11.1. The van der Waals surface area contributed by atoms with E-state index in [2.05, 4.69) is 10.3 Å². The van der Waals surface area contributed by atoms with Crippen LogP contribution in [0.15, 0.2) is 12.3 Å². The second kappa shape index (κ2) is 4.70. The molecule has 0 aromatic carbocycles. The van der Waals surface area contributed by atoms with Crippen LogP contribution in [-0.4, -0.2) is 17.4 Å². The quantitative estimate of drug-likeness (QED) is 0.698. The van der Waals surface area contributed by atoms with Crippen molar-refractivity contribution in [3.05, 3.63) is 17.8 Å². The average Bonchev–Trinajstić information content (AvgIpc) is 2.27. The van der Waals surface area contributed by atoms with Crippen LogP contribution in [0.5, 0.6) is 0 Å². The van der Waals surface area contributed by atoms with Crippen LogP contribution in [0, 0.1) is 16.7 Å². The fourth-order valence-electron chi connectivity index (χ4n) is 1.10. The number of aromatic nitrogens is 1. The summed E-state index contributed by atoms with van der Waals surface area (Å²) in [5.41, 5.74) is 10.9. The van der Waals surface area contributed by atoms with Crippen molar-refractivity contribution in [3.63, 3.8) is 0 Å². The summed E-state index contributed by atoms with van der Waals surface area (Å²) in [4.78, 5) is 15.1. The number of nitrogens with zero attached hydrogens (tertiary/aromatic N) is 2. The van der Waals surface area contributed by atoms with Gasteiger partial charge in [-0.15, -0.1) is 0 Å². The summed E-state index contributed by atoms with van der Waals surface area (Å²) in [5.74, 6) is -0.0293. The van der Waals surface area contributed by atoms with Crippen molar-refractivity contribution < 1.29 is 4.79 Å². The Kier molecular flexibility index (Phi) is 3.53. The Morgan fingerprint density at radius 2 is 2.29 bits per heavy atom. The van der Waals surface area contributed by atoms with Crippen molar-refractivity contribution in [3.8, 4) is 6.07 Å². The lowest BCUT2D eigenvalue weighted by Gasteiger charge is -2.21. The minimum absolute atomic E-state index is 0.273. The molecule has 0 atom stereocenters. The predicted octanol–water partition coefficient (Wildman–Crippen LogP) is 0.459. The molecule has 0 radical (unpaired) electrons. The highest BCUT2D eigenvalue weighted by Crippen LogP contribution is 2.21. The zero-order chi connectivity index (χ0) is 13.1. The van der Waals surface area contributed by atoms with E-state index in [1.165, 1.54) is 12.3 Å². The van der Waals surface area contributed by atoms with Gasteiger partial charge in [-0.3, -0.25) is 4.79 Å². The highest BCUT2D eigenvalue weighted by Gasteiger charge is 2.25. The molecule has 90 valence electrons. The molecule has 0 aliphatic heterocycles. The van der Waals surface area contributed by atoms with Crippen molar-refractivity contribution >= 4 is 17.4 Å². The van der Waals surface area contributed by atoms with Gasteiger partial charge in [0.25, 0.3) is 0 Å². The number of hydrogen-bond acceptors (Lipinski definition) is 5. The third kappa shape index (κ3) is 2.84. The maximum Gasteiger partial charge on any atom is 0.224 e. The normalized spacial score (nSPS) is 10.6. The molecule has 0 unspecified atom stereocenters. The number of nitrogens with two attached hydrogens (primary N) is 2. The Balaban J connectivity index is 2.84. The second-order valence-corrected chi connectivity index (χ2v) is 4.33. The molecule has 1 amide bonds. The van der Waals surface area contributed by atoms with Gasteiger partial charge in [-0.2, -0.15) is 5.26 Å². The smallest absolute Gasteiger partial charge is 0.224 e. The fourth-order valence-corrected chi connectivity index (χ4v) is 1.10. The van der Waals surface area contributed by atoms with Gasteiger partial charge in [0.1, 0.15) is 6.07 Å². The number of hydrogen-bond donors (Lipinski definition) is 3. The summed E-state index contributed by atoms with van der Waals surface area (Å²) >= 11 is 0. The molecule has 1 heterocycles. The van der Waals surface area contributed by atoms with Gasteiger partial charge in [0, 0.05) is 12.7 Å². The summed E-state index contributed by atoms with van der Waals surface area (Å²) < 4.78 is 0. The number of anilines is 2. The lowest BCUT2D eigenvalue weighted by Crippen LogP contribution is -2.37. The number of pyridine rings is 1. The topological polar surface area (TPSA) is 118 Å². The van der Waals surface area contributed by atoms with E-state index in [0.29, 0.717) is 17.9 Å². The van der Waals surface area contributed by atoms with Crippen LogP contribution in [0.25, 0.3) is 0 Å². The van der Waals surface area contributed by atoms with E-state index >= 15 is 0 Å². The average molecular weight is 233 g/mol. The van der Waals surface area contributed by atoms with Gasteiger partial charge in [-0.1, -0.05) is 0 Å². The molecular weight excluding hydrogens is 218 g/mol. The number of nitriles is 1. The Hall–Kier alpha value is -2.29. The monoisotopic (exact) mass is 233 g/mol. The molecule has 17 heavy (non-hydrogen) atoms. The SMILES string of the molecule is CC(C)(CNc1nccc(C#N)c1N)C(N)=O. The number of carbonyl (C=O) groups excluding carboxylic acids is 1. The number of rotatable bonds is 4. The second-order valence-electron chi connectivity index (χ2n) is 4.33. The van der Waals surface area contributed by atoms with E-state index < -0.39 is 11.3 Å². The highest BCUT2D eigenvalue weighted by molar-refractivity contribution is 5.81. The first-order valence-corrected chi connectivity index (χ1v) is 5.07. The third-order valence-corrected chi connectivity index (χ3v) is 2.48. The van der Waals surface area contributed by atoms with Gasteiger partial charge >= 0.3 is 0 Å². The van der Waals surface area contributed by atoms with Gasteiger partial charge in [0.05, 0.1) is 16.7 Å². The standard InChI is InChI=1S/C11H15N5O/c1-11(2,10(14)17)6-16-9-8(13)7(5-12)3-4-15-9/h3-4H,6,13H2,1-2H3,(H2,14,17)(H,15,16). The highest BCUT2D eigenvalue weighted by atomic mass is 16.1. The molecule has 5 N–H and O–H groups in total. The van der Waals surface area contributed by atoms with Crippen molar-refractivity contribution in [1.29, 1.82) is 5.26 Å². The van der Waals surface area contributed by atoms with E-state index in [4.69, 9.17) is 16.7 Å². The molecule has 1 aromatic rings. The van der Waals surface area contributed by atoms with Crippen LogP contribution in [0.2, 0.25) is 0 Å². The molecule has 1 aromatic heterocycles. The summed E-state index contributed by atoms with van der Waals surface area (Å²) in [6, 6.07) is 3.49. The van der Waals surface area contributed by atoms with Crippen molar-refractivity contribution in [2.24, 2.45) is 11.1 Å². The Labute approximate surface area is 99.6 Å². The molecule has 0 bridgehead atoms. The van der Waals surface area contributed by atoms with Crippen LogP contribution in [0.3, 0.4) is 0 Å². The maximum absolute atomic E-state index is 11.1. The van der Waals surface area contributed by atoms with Gasteiger partial charge in [0.2, 0.25) is 5.91 Å². The summed E-state index contributed by atoms with van der Waals surface area (Å²) in [7, 11) is 0. The molecule has 0 aliphatic carbocycles. The van der Waals surface area contributed by atoms with Crippen molar-refractivity contribution in [1.82, 2.24) is 4.98 Å². The van der Waals surface area contributed by atoms with E-state index in [-0.39, 0.29) is 5.69 Å². The largest absolute Gasteiger partial charge is 0.395 e. The zero-order valence-electron chi connectivity index (χ0n) is 9.82. The van der Waals surface area contributed by atoms with Gasteiger partial charge in [0.15, 0.2) is 5.82 Å². The number of primary amides is 1. The van der Waals surface area contributed by atoms with Gasteiger partial charge < -0.3 is 16.8 Å². The Bertz CT molecular complexity index is 475. The molecule has 0 saturated carbocycles. The summed E-state index contributed by atoms with van der Waals surface area (Å²) in [5, 5.41) is 11.7. The van der Waals surface area contributed by atoms with Crippen LogP contribution in [0.4, 0.5) is 11.5 Å². The Morgan fingerprint density at radius 3 is 2.82 bits per heavy atom. The molecule has 0 aliphatic rings. The number of nitrogen functional groups attached to an aromatic ring is 1. The summed E-state index contributed by atoms with van der Waals surface area (Å²) in [6.45, 7) is 3.73. The molecule has 1 rings (SSSR count). The predicted molar refractivity (Wildman–Crippen MR) is 64.8 cm³/mol.